The normalized spacial score (nSPS) is 10.5. The largest absolute Gasteiger partial charge is 0.392 e. The van der Waals surface area contributed by atoms with Gasteiger partial charge in [0.2, 0.25) is 0 Å². The average Bonchev–Trinajstić information content (AvgIpc) is 2.41. The van der Waals surface area contributed by atoms with E-state index in [-0.39, 0.29) is 6.54 Å². The summed E-state index contributed by atoms with van der Waals surface area (Å²) in [4.78, 5) is 22.3. The summed E-state index contributed by atoms with van der Waals surface area (Å²) in [6, 6.07) is 0. The number of esters is 2. The molecule has 0 aromatic rings. The molecule has 118 valence electrons. The molecule has 0 aliphatic rings. The first-order chi connectivity index (χ1) is 9.70. The van der Waals surface area contributed by atoms with Crippen LogP contribution in [0.5, 0.6) is 0 Å². The van der Waals surface area contributed by atoms with Gasteiger partial charge in [-0.2, -0.15) is 0 Å². The maximum Gasteiger partial charge on any atom is 0.327 e. The van der Waals surface area contributed by atoms with E-state index in [1.165, 1.54) is 51.4 Å². The Balaban J connectivity index is 3.23. The summed E-state index contributed by atoms with van der Waals surface area (Å²) >= 11 is 0. The zero-order chi connectivity index (χ0) is 15.1. The molecule has 1 N–H and O–H groups in total. The highest BCUT2D eigenvalue weighted by Gasteiger charge is 2.08. The van der Waals surface area contributed by atoms with E-state index in [0.29, 0.717) is 6.42 Å². The third-order valence-electron chi connectivity index (χ3n) is 3.28. The molecule has 0 saturated carbocycles. The van der Waals surface area contributed by atoms with Crippen LogP contribution < -0.4 is 5.32 Å². The zero-order valence-corrected chi connectivity index (χ0v) is 13.2. The molecular weight excluding hydrogens is 254 g/mol. The molecule has 0 atom stereocenters. The second kappa shape index (κ2) is 14.5. The van der Waals surface area contributed by atoms with Crippen molar-refractivity contribution in [2.24, 2.45) is 0 Å². The van der Waals surface area contributed by atoms with Crippen molar-refractivity contribution in [3.05, 3.63) is 0 Å². The van der Waals surface area contributed by atoms with Crippen molar-refractivity contribution < 1.29 is 14.3 Å². The maximum absolute atomic E-state index is 11.3. The summed E-state index contributed by atoms with van der Waals surface area (Å²) in [5, 5.41) is 2.65. The van der Waals surface area contributed by atoms with Gasteiger partial charge in [0.25, 0.3) is 0 Å². The van der Waals surface area contributed by atoms with E-state index >= 15 is 0 Å². The van der Waals surface area contributed by atoms with Crippen LogP contribution >= 0.6 is 0 Å². The molecule has 0 unspecified atom stereocenters. The molecule has 0 radical (unpaired) electrons. The number of carbonyl (C=O) groups excluding carboxylic acids is 2. The van der Waals surface area contributed by atoms with Gasteiger partial charge >= 0.3 is 11.9 Å². The summed E-state index contributed by atoms with van der Waals surface area (Å²) in [5.41, 5.74) is 0. The summed E-state index contributed by atoms with van der Waals surface area (Å²) in [5.74, 6) is -0.894. The maximum atomic E-state index is 11.3. The second-order valence-corrected chi connectivity index (χ2v) is 5.31. The predicted octanol–water partition coefficient (Wildman–Crippen LogP) is 3.59. The van der Waals surface area contributed by atoms with Crippen LogP contribution in [0.25, 0.3) is 0 Å². The first-order valence-electron chi connectivity index (χ1n) is 8.08. The van der Waals surface area contributed by atoms with E-state index < -0.39 is 11.9 Å². The molecule has 0 bridgehead atoms. The van der Waals surface area contributed by atoms with Crippen LogP contribution in [0.4, 0.5) is 0 Å². The van der Waals surface area contributed by atoms with Crippen molar-refractivity contribution in [2.75, 3.05) is 13.6 Å². The number of hydrogen-bond acceptors (Lipinski definition) is 4. The highest BCUT2D eigenvalue weighted by molar-refractivity contribution is 5.86. The van der Waals surface area contributed by atoms with Gasteiger partial charge in [-0.05, 0) is 13.5 Å². The quantitative estimate of drug-likeness (QED) is 0.319. The summed E-state index contributed by atoms with van der Waals surface area (Å²) in [6.45, 7) is 2.32. The molecule has 0 heterocycles. The molecule has 0 spiro atoms. The van der Waals surface area contributed by atoms with Crippen molar-refractivity contribution in [2.45, 2.75) is 77.6 Å². The first kappa shape index (κ1) is 19.1. The number of rotatable bonds is 13. The summed E-state index contributed by atoms with van der Waals surface area (Å²) in [7, 11) is 1.65. The fourth-order valence-electron chi connectivity index (χ4n) is 2.12. The number of nitrogens with one attached hydrogen (secondary N) is 1. The van der Waals surface area contributed by atoms with Crippen LogP contribution in [0.15, 0.2) is 0 Å². The summed E-state index contributed by atoms with van der Waals surface area (Å²) in [6.07, 6.45) is 12.6. The van der Waals surface area contributed by atoms with Crippen LogP contribution in [0, 0.1) is 0 Å². The van der Waals surface area contributed by atoms with Crippen molar-refractivity contribution in [3.8, 4) is 0 Å². The Morgan fingerprint density at radius 3 is 1.80 bits per heavy atom. The van der Waals surface area contributed by atoms with E-state index in [0.717, 1.165) is 12.8 Å². The van der Waals surface area contributed by atoms with E-state index in [1.54, 1.807) is 7.05 Å². The number of unbranched alkanes of at least 4 members (excludes halogenated alkanes) is 9. The highest BCUT2D eigenvalue weighted by atomic mass is 16.6. The molecule has 0 aromatic heterocycles. The minimum absolute atomic E-state index is 0.0871. The Labute approximate surface area is 123 Å². The third-order valence-corrected chi connectivity index (χ3v) is 3.28. The SMILES string of the molecule is CCCCCCCCCCCCC(=O)OC(=O)CNC. The molecule has 0 saturated heterocycles. The Morgan fingerprint density at radius 1 is 0.800 bits per heavy atom. The summed E-state index contributed by atoms with van der Waals surface area (Å²) < 4.78 is 4.63. The average molecular weight is 285 g/mol. The second-order valence-electron chi connectivity index (χ2n) is 5.31. The van der Waals surface area contributed by atoms with Gasteiger partial charge in [-0.25, -0.2) is 0 Å². The number of ether oxygens (including phenoxy) is 1. The van der Waals surface area contributed by atoms with Gasteiger partial charge < -0.3 is 10.1 Å². The topological polar surface area (TPSA) is 55.4 Å². The van der Waals surface area contributed by atoms with Gasteiger partial charge in [0.05, 0.1) is 6.54 Å². The van der Waals surface area contributed by atoms with Gasteiger partial charge in [0, 0.05) is 6.42 Å². The van der Waals surface area contributed by atoms with Crippen LogP contribution in [0.1, 0.15) is 77.6 Å². The van der Waals surface area contributed by atoms with Gasteiger partial charge in [0.15, 0.2) is 0 Å². The molecule has 0 fully saturated rings. The molecule has 0 aliphatic heterocycles. The minimum Gasteiger partial charge on any atom is -0.392 e. The predicted molar refractivity (Wildman–Crippen MR) is 81.5 cm³/mol. The lowest BCUT2D eigenvalue weighted by atomic mass is 10.1. The molecule has 0 aliphatic carbocycles. The number of likely N-dealkylation sites (N-methyl/N-ethyl adjacent to an activating group) is 1. The Morgan fingerprint density at radius 2 is 1.30 bits per heavy atom. The Bertz CT molecular complexity index is 254. The monoisotopic (exact) mass is 285 g/mol. The van der Waals surface area contributed by atoms with Crippen molar-refractivity contribution in [1.82, 2.24) is 5.32 Å². The lowest BCUT2D eigenvalue weighted by Gasteiger charge is -2.03. The molecule has 0 amide bonds. The highest BCUT2D eigenvalue weighted by Crippen LogP contribution is 2.11. The lowest BCUT2D eigenvalue weighted by molar-refractivity contribution is -0.158. The first-order valence-corrected chi connectivity index (χ1v) is 8.08. The van der Waals surface area contributed by atoms with Crippen molar-refractivity contribution in [1.29, 1.82) is 0 Å². The molecule has 20 heavy (non-hydrogen) atoms. The fraction of sp³-hybridized carbons (Fsp3) is 0.875. The number of carbonyl (C=O) groups is 2. The Kier molecular flexibility index (Phi) is 13.9. The van der Waals surface area contributed by atoms with Crippen molar-refractivity contribution >= 4 is 11.9 Å². The Hall–Kier alpha value is -0.900. The zero-order valence-electron chi connectivity index (χ0n) is 13.2. The number of hydrogen-bond donors (Lipinski definition) is 1. The third kappa shape index (κ3) is 13.5. The van der Waals surface area contributed by atoms with E-state index in [1.807, 2.05) is 0 Å². The molecule has 4 heteroatoms. The van der Waals surface area contributed by atoms with Crippen LogP contribution in [0.3, 0.4) is 0 Å². The smallest absolute Gasteiger partial charge is 0.327 e. The van der Waals surface area contributed by atoms with Gasteiger partial charge in [-0.1, -0.05) is 64.7 Å². The van der Waals surface area contributed by atoms with E-state index in [2.05, 4.69) is 17.0 Å². The molecule has 4 nitrogen and oxygen atoms in total. The molecule has 0 aromatic carbocycles. The van der Waals surface area contributed by atoms with E-state index in [4.69, 9.17) is 0 Å². The van der Waals surface area contributed by atoms with Crippen LogP contribution in [-0.4, -0.2) is 25.5 Å². The van der Waals surface area contributed by atoms with Crippen LogP contribution in [-0.2, 0) is 14.3 Å². The molecular formula is C16H31NO3. The van der Waals surface area contributed by atoms with Crippen LogP contribution in [0.2, 0.25) is 0 Å². The van der Waals surface area contributed by atoms with Gasteiger partial charge in [0.1, 0.15) is 0 Å². The standard InChI is InChI=1S/C16H31NO3/c1-3-4-5-6-7-8-9-10-11-12-13-15(18)20-16(19)14-17-2/h17H,3-14H2,1-2H3. The fourth-order valence-corrected chi connectivity index (χ4v) is 2.12. The van der Waals surface area contributed by atoms with E-state index in [9.17, 15) is 9.59 Å². The van der Waals surface area contributed by atoms with Gasteiger partial charge in [-0.3, -0.25) is 9.59 Å². The van der Waals surface area contributed by atoms with Crippen molar-refractivity contribution in [3.63, 3.8) is 0 Å². The molecule has 0 rings (SSSR count). The van der Waals surface area contributed by atoms with Gasteiger partial charge in [-0.15, -0.1) is 0 Å². The minimum atomic E-state index is -0.496. The lowest BCUT2D eigenvalue weighted by Crippen LogP contribution is -2.23.